The van der Waals surface area contributed by atoms with Gasteiger partial charge in [0.1, 0.15) is 5.75 Å². The Balaban J connectivity index is 1.25. The zero-order valence-electron chi connectivity index (χ0n) is 21.1. The van der Waals surface area contributed by atoms with Crippen LogP contribution < -0.4 is 10.1 Å². The summed E-state index contributed by atoms with van der Waals surface area (Å²) in [6, 6.07) is 11.8. The van der Waals surface area contributed by atoms with Crippen molar-refractivity contribution in [1.82, 2.24) is 19.3 Å². The second-order valence-electron chi connectivity index (χ2n) is 9.56. The highest BCUT2D eigenvalue weighted by molar-refractivity contribution is 7.89. The number of nitrogens with one attached hydrogen (secondary N) is 1. The van der Waals surface area contributed by atoms with Crippen LogP contribution in [0.5, 0.6) is 5.75 Å². The number of aromatic nitrogens is 2. The molecule has 1 atom stereocenters. The molecule has 38 heavy (non-hydrogen) atoms. The number of anilines is 1. The molecular formula is C26H30ClN5O5S. The van der Waals surface area contributed by atoms with E-state index in [4.69, 9.17) is 20.9 Å². The molecule has 2 fully saturated rings. The fourth-order valence-corrected chi connectivity index (χ4v) is 6.57. The summed E-state index contributed by atoms with van der Waals surface area (Å²) < 4.78 is 38.4. The van der Waals surface area contributed by atoms with Gasteiger partial charge in [-0.05, 0) is 74.7 Å². The summed E-state index contributed by atoms with van der Waals surface area (Å²) in [7, 11) is -2.13. The predicted octanol–water partition coefficient (Wildman–Crippen LogP) is 4.03. The Labute approximate surface area is 227 Å². The van der Waals surface area contributed by atoms with Gasteiger partial charge in [-0.1, -0.05) is 16.8 Å². The summed E-state index contributed by atoms with van der Waals surface area (Å²) in [5.41, 5.74) is 1.16. The number of hydrogen-bond acceptors (Lipinski definition) is 8. The Morgan fingerprint density at radius 2 is 1.89 bits per heavy atom. The van der Waals surface area contributed by atoms with Crippen LogP contribution in [0.3, 0.4) is 0 Å². The van der Waals surface area contributed by atoms with Crippen LogP contribution >= 0.6 is 11.6 Å². The maximum absolute atomic E-state index is 13.3. The van der Waals surface area contributed by atoms with Gasteiger partial charge in [0.2, 0.25) is 27.6 Å². The molecular weight excluding hydrogens is 530 g/mol. The van der Waals surface area contributed by atoms with Crippen molar-refractivity contribution >= 4 is 33.2 Å². The first kappa shape index (κ1) is 26.6. The molecule has 202 valence electrons. The first-order valence-electron chi connectivity index (χ1n) is 12.6. The van der Waals surface area contributed by atoms with Gasteiger partial charge in [0.25, 0.3) is 0 Å². The van der Waals surface area contributed by atoms with E-state index in [9.17, 15) is 13.2 Å². The maximum Gasteiger partial charge on any atom is 0.243 e. The third-order valence-electron chi connectivity index (χ3n) is 6.94. The summed E-state index contributed by atoms with van der Waals surface area (Å²) in [6.07, 6.45) is 3.25. The van der Waals surface area contributed by atoms with Crippen LogP contribution in [0, 0.1) is 5.92 Å². The molecule has 0 bridgehead atoms. The van der Waals surface area contributed by atoms with Crippen LogP contribution in [-0.4, -0.2) is 67.0 Å². The molecule has 0 spiro atoms. The normalized spacial score (nSPS) is 18.9. The Kier molecular flexibility index (Phi) is 7.98. The number of halogens is 1. The summed E-state index contributed by atoms with van der Waals surface area (Å²) in [6.45, 7) is 2.76. The molecule has 12 heteroatoms. The average molecular weight is 560 g/mol. The van der Waals surface area contributed by atoms with Crippen LogP contribution in [0.25, 0.3) is 11.4 Å². The van der Waals surface area contributed by atoms with Gasteiger partial charge in [-0.15, -0.1) is 0 Å². The molecule has 0 saturated carbocycles. The molecule has 1 amide bonds. The topological polar surface area (TPSA) is 118 Å². The Morgan fingerprint density at radius 3 is 2.63 bits per heavy atom. The van der Waals surface area contributed by atoms with Gasteiger partial charge in [0, 0.05) is 30.2 Å². The molecule has 2 aliphatic heterocycles. The number of amides is 1. The zero-order valence-corrected chi connectivity index (χ0v) is 22.7. The van der Waals surface area contributed by atoms with Crippen molar-refractivity contribution < 1.29 is 22.5 Å². The summed E-state index contributed by atoms with van der Waals surface area (Å²) in [4.78, 5) is 20.0. The molecule has 2 aliphatic rings. The van der Waals surface area contributed by atoms with Gasteiger partial charge >= 0.3 is 0 Å². The molecule has 3 heterocycles. The lowest BCUT2D eigenvalue weighted by Crippen LogP contribution is -2.40. The fourth-order valence-electron chi connectivity index (χ4n) is 4.90. The van der Waals surface area contributed by atoms with Crippen LogP contribution in [0.15, 0.2) is 51.9 Å². The van der Waals surface area contributed by atoms with Crippen LogP contribution in [-0.2, 0) is 21.4 Å². The monoisotopic (exact) mass is 559 g/mol. The standard InChI is InChI=1S/C26H30ClN5O5S/c1-36-23-11-10-21(38(34,35)32-13-2-3-14-32)15-22(23)28-26(33)19-5-4-12-31(16-19)17-24-29-25(30-37-24)18-6-8-20(27)9-7-18/h6-11,15,19H,2-5,12-14,16-17H2,1H3,(H,28,33). The number of sulfonamides is 1. The van der Waals surface area contributed by atoms with Gasteiger partial charge in [-0.25, -0.2) is 8.42 Å². The van der Waals surface area contributed by atoms with E-state index in [1.165, 1.54) is 23.5 Å². The van der Waals surface area contributed by atoms with Crippen LogP contribution in [0.1, 0.15) is 31.6 Å². The highest BCUT2D eigenvalue weighted by Gasteiger charge is 2.30. The SMILES string of the molecule is COc1ccc(S(=O)(=O)N2CCCC2)cc1NC(=O)C1CCCN(Cc2nc(-c3ccc(Cl)cc3)no2)C1. The zero-order chi connectivity index (χ0) is 26.7. The Hall–Kier alpha value is -2.99. The molecule has 1 unspecified atom stereocenters. The van der Waals surface area contributed by atoms with Crippen molar-refractivity contribution in [1.29, 1.82) is 0 Å². The van der Waals surface area contributed by atoms with E-state index in [1.54, 1.807) is 18.2 Å². The quantitative estimate of drug-likeness (QED) is 0.439. The number of benzene rings is 2. The van der Waals surface area contributed by atoms with Gasteiger partial charge in [0.05, 0.1) is 30.2 Å². The third-order valence-corrected chi connectivity index (χ3v) is 9.08. The second-order valence-corrected chi connectivity index (χ2v) is 11.9. The van der Waals surface area contributed by atoms with Crippen LogP contribution in [0.4, 0.5) is 5.69 Å². The minimum Gasteiger partial charge on any atom is -0.495 e. The summed E-state index contributed by atoms with van der Waals surface area (Å²) in [5, 5.41) is 7.61. The van der Waals surface area contributed by atoms with E-state index >= 15 is 0 Å². The lowest BCUT2D eigenvalue weighted by molar-refractivity contribution is -0.121. The lowest BCUT2D eigenvalue weighted by Gasteiger charge is -2.31. The molecule has 2 saturated heterocycles. The Bertz CT molecular complexity index is 1390. The molecule has 0 aliphatic carbocycles. The number of likely N-dealkylation sites (tertiary alicyclic amines) is 1. The van der Waals surface area contributed by atoms with E-state index in [2.05, 4.69) is 20.4 Å². The second kappa shape index (κ2) is 11.4. The summed E-state index contributed by atoms with van der Waals surface area (Å²) in [5.74, 6) is 0.894. The van der Waals surface area contributed by atoms with Crippen molar-refractivity contribution in [2.45, 2.75) is 37.1 Å². The van der Waals surface area contributed by atoms with Crippen molar-refractivity contribution in [2.75, 3.05) is 38.6 Å². The molecule has 10 nitrogen and oxygen atoms in total. The van der Waals surface area contributed by atoms with E-state index in [0.29, 0.717) is 54.4 Å². The minimum absolute atomic E-state index is 0.147. The van der Waals surface area contributed by atoms with E-state index < -0.39 is 10.0 Å². The molecule has 3 aromatic rings. The number of hydrogen-bond donors (Lipinski definition) is 1. The van der Waals surface area contributed by atoms with Crippen molar-refractivity contribution in [3.8, 4) is 17.1 Å². The maximum atomic E-state index is 13.3. The lowest BCUT2D eigenvalue weighted by atomic mass is 9.97. The third kappa shape index (κ3) is 5.85. The smallest absolute Gasteiger partial charge is 0.243 e. The van der Waals surface area contributed by atoms with Crippen molar-refractivity contribution in [3.63, 3.8) is 0 Å². The van der Waals surface area contributed by atoms with Gasteiger partial charge in [0.15, 0.2) is 0 Å². The first-order valence-corrected chi connectivity index (χ1v) is 14.5. The highest BCUT2D eigenvalue weighted by atomic mass is 35.5. The van der Waals surface area contributed by atoms with Crippen molar-refractivity contribution in [3.05, 3.63) is 53.4 Å². The number of carbonyl (C=O) groups is 1. The molecule has 0 radical (unpaired) electrons. The Morgan fingerprint density at radius 1 is 1.13 bits per heavy atom. The molecule has 5 rings (SSSR count). The van der Waals surface area contributed by atoms with E-state index in [0.717, 1.165) is 37.8 Å². The first-order chi connectivity index (χ1) is 18.3. The van der Waals surface area contributed by atoms with E-state index in [-0.39, 0.29) is 16.7 Å². The number of ether oxygens (including phenoxy) is 1. The molecule has 2 aromatic carbocycles. The van der Waals surface area contributed by atoms with Crippen LogP contribution in [0.2, 0.25) is 5.02 Å². The summed E-state index contributed by atoms with van der Waals surface area (Å²) >= 11 is 5.96. The highest BCUT2D eigenvalue weighted by Crippen LogP contribution is 2.31. The largest absolute Gasteiger partial charge is 0.495 e. The van der Waals surface area contributed by atoms with Gasteiger partial charge < -0.3 is 14.6 Å². The molecule has 1 N–H and O–H groups in total. The van der Waals surface area contributed by atoms with E-state index in [1.807, 2.05) is 12.1 Å². The number of carbonyl (C=O) groups excluding carboxylic acids is 1. The number of piperidine rings is 1. The number of methoxy groups -OCH3 is 1. The van der Waals surface area contributed by atoms with Gasteiger partial charge in [-0.2, -0.15) is 9.29 Å². The number of nitrogens with zero attached hydrogens (tertiary/aromatic N) is 4. The predicted molar refractivity (Wildman–Crippen MR) is 142 cm³/mol. The van der Waals surface area contributed by atoms with Gasteiger partial charge in [-0.3, -0.25) is 9.69 Å². The number of rotatable bonds is 8. The minimum atomic E-state index is -3.62. The average Bonchev–Trinajstić information content (AvgIpc) is 3.63. The fraction of sp³-hybridized carbons (Fsp3) is 0.423. The van der Waals surface area contributed by atoms with Crippen molar-refractivity contribution in [2.24, 2.45) is 5.92 Å². The molecule has 1 aromatic heterocycles.